The predicted octanol–water partition coefficient (Wildman–Crippen LogP) is 3.17. The molecule has 1 N–H and O–H groups in total. The third-order valence-electron chi connectivity index (χ3n) is 7.87. The van der Waals surface area contributed by atoms with Gasteiger partial charge in [-0.1, -0.05) is 42.5 Å². The summed E-state index contributed by atoms with van der Waals surface area (Å²) >= 11 is 1.57. The number of amides is 2. The smallest absolute Gasteiger partial charge is 0.311 e. The van der Waals surface area contributed by atoms with Crippen molar-refractivity contribution in [3.8, 4) is 0 Å². The van der Waals surface area contributed by atoms with Crippen LogP contribution in [-0.2, 0) is 19.1 Å². The van der Waals surface area contributed by atoms with Crippen LogP contribution in [0, 0.1) is 25.7 Å². The predicted molar refractivity (Wildman–Crippen MR) is 140 cm³/mol. The number of rotatable bonds is 5. The highest BCUT2D eigenvalue weighted by molar-refractivity contribution is 8.02. The highest BCUT2D eigenvalue weighted by atomic mass is 32.2. The Morgan fingerprint density at radius 3 is 2.64 bits per heavy atom. The standard InChI is InChI=1S/C28H34N2O5S/c1-18-10-8-11-19(2)23(18)29-15-9-13-28-22(21-20(36-28)12-4-3-7-17-35-27(21)34)25(32)30(14-5-6-16-31)24(28)26(29)33/h4,8-13,20-22,24,31H,3,5-7,14-17H2,1-2H3/b12-4-/t20-,21+,22-,24?,28-/m0/s1. The lowest BCUT2D eigenvalue weighted by Crippen LogP contribution is -2.53. The Morgan fingerprint density at radius 1 is 1.11 bits per heavy atom. The number of nitrogens with zero attached hydrogens (tertiary/aromatic N) is 2. The molecule has 1 unspecified atom stereocenters. The Morgan fingerprint density at radius 2 is 1.89 bits per heavy atom. The number of allylic oxidation sites excluding steroid dienone is 1. The zero-order valence-corrected chi connectivity index (χ0v) is 21.7. The lowest BCUT2D eigenvalue weighted by molar-refractivity contribution is -0.153. The first kappa shape index (κ1) is 25.1. The van der Waals surface area contributed by atoms with Gasteiger partial charge in [-0.3, -0.25) is 14.4 Å². The largest absolute Gasteiger partial charge is 0.465 e. The van der Waals surface area contributed by atoms with Crippen molar-refractivity contribution in [2.24, 2.45) is 11.8 Å². The van der Waals surface area contributed by atoms with Crippen LogP contribution < -0.4 is 4.90 Å². The molecule has 5 rings (SSSR count). The molecule has 4 aliphatic rings. The molecule has 5 atom stereocenters. The summed E-state index contributed by atoms with van der Waals surface area (Å²) < 4.78 is 4.76. The second-order valence-electron chi connectivity index (χ2n) is 10.1. The number of carbonyl (C=O) groups excluding carboxylic acids is 3. The number of hydrogen-bond acceptors (Lipinski definition) is 6. The van der Waals surface area contributed by atoms with E-state index in [-0.39, 0.29) is 29.6 Å². The number of fused-ring (bicyclic) bond motifs is 2. The van der Waals surface area contributed by atoms with E-state index in [0.717, 1.165) is 29.7 Å². The maximum absolute atomic E-state index is 14.4. The van der Waals surface area contributed by atoms with Crippen LogP contribution in [0.2, 0.25) is 0 Å². The number of unbranched alkanes of at least 4 members (excludes halogenated alkanes) is 1. The van der Waals surface area contributed by atoms with Crippen LogP contribution in [-0.4, -0.2) is 70.1 Å². The fourth-order valence-corrected chi connectivity index (χ4v) is 8.32. The molecule has 7 nitrogen and oxygen atoms in total. The van der Waals surface area contributed by atoms with Crippen LogP contribution in [0.1, 0.15) is 36.8 Å². The van der Waals surface area contributed by atoms with Gasteiger partial charge in [0.2, 0.25) is 5.91 Å². The van der Waals surface area contributed by atoms with Crippen LogP contribution in [0.25, 0.3) is 0 Å². The lowest BCUT2D eigenvalue weighted by atomic mass is 9.78. The van der Waals surface area contributed by atoms with Crippen molar-refractivity contribution < 1.29 is 24.2 Å². The molecule has 0 aliphatic carbocycles. The summed E-state index contributed by atoms with van der Waals surface area (Å²) in [6.45, 7) is 5.13. The van der Waals surface area contributed by atoms with E-state index in [1.165, 1.54) is 0 Å². The molecule has 36 heavy (non-hydrogen) atoms. The molecule has 0 saturated carbocycles. The van der Waals surface area contributed by atoms with Gasteiger partial charge in [0, 0.05) is 30.6 Å². The van der Waals surface area contributed by atoms with E-state index in [2.05, 4.69) is 6.08 Å². The molecule has 8 heteroatoms. The second-order valence-corrected chi connectivity index (χ2v) is 11.6. The molecule has 2 saturated heterocycles. The van der Waals surface area contributed by atoms with Crippen molar-refractivity contribution in [2.45, 2.75) is 55.6 Å². The number of thioether (sulfide) groups is 1. The quantitative estimate of drug-likeness (QED) is 0.372. The van der Waals surface area contributed by atoms with Gasteiger partial charge in [0.15, 0.2) is 0 Å². The number of hydrogen-bond donors (Lipinski definition) is 1. The molecule has 1 spiro atoms. The zero-order chi connectivity index (χ0) is 25.4. The molecule has 0 bridgehead atoms. The van der Waals surface area contributed by atoms with Crippen molar-refractivity contribution in [3.63, 3.8) is 0 Å². The number of aryl methyl sites for hydroxylation is 2. The van der Waals surface area contributed by atoms with E-state index in [1.54, 1.807) is 21.6 Å². The summed E-state index contributed by atoms with van der Waals surface area (Å²) in [6.07, 6.45) is 10.9. The van der Waals surface area contributed by atoms with Crippen LogP contribution in [0.5, 0.6) is 0 Å². The van der Waals surface area contributed by atoms with Crippen LogP contribution in [0.3, 0.4) is 0 Å². The number of esters is 1. The SMILES string of the molecule is Cc1cccc(C)c1N1CC=C[C@]23S[C@H]4/C=C\CCCOC(=O)[C@H]4[C@H]2C(=O)N(CCCCO)C3C1=O. The number of carbonyl (C=O) groups is 3. The van der Waals surface area contributed by atoms with Crippen molar-refractivity contribution in [1.29, 1.82) is 0 Å². The molecule has 4 heterocycles. The first-order valence-corrected chi connectivity index (χ1v) is 13.8. The molecule has 1 aromatic rings. The number of aliphatic hydroxyl groups excluding tert-OH is 1. The lowest BCUT2D eigenvalue weighted by Gasteiger charge is -2.36. The van der Waals surface area contributed by atoms with E-state index in [0.29, 0.717) is 32.5 Å². The third-order valence-corrected chi connectivity index (χ3v) is 9.61. The topological polar surface area (TPSA) is 87.2 Å². The Labute approximate surface area is 216 Å². The minimum absolute atomic E-state index is 0.0280. The fraction of sp³-hybridized carbons (Fsp3) is 0.536. The summed E-state index contributed by atoms with van der Waals surface area (Å²) in [7, 11) is 0. The normalized spacial score (nSPS) is 32.7. The third kappa shape index (κ3) is 3.98. The number of aliphatic hydroxyl groups is 1. The van der Waals surface area contributed by atoms with E-state index < -0.39 is 22.6 Å². The number of cyclic esters (lactones) is 1. The molecular weight excluding hydrogens is 476 g/mol. The summed E-state index contributed by atoms with van der Waals surface area (Å²) in [6, 6.07) is 5.25. The number of para-hydroxylation sites is 1. The Kier molecular flexibility index (Phi) is 7.01. The van der Waals surface area contributed by atoms with E-state index in [1.807, 2.05) is 50.3 Å². The van der Waals surface area contributed by atoms with Gasteiger partial charge in [0.05, 0.1) is 23.2 Å². The fourth-order valence-electron chi connectivity index (χ4n) is 6.32. The van der Waals surface area contributed by atoms with E-state index in [4.69, 9.17) is 4.74 Å². The van der Waals surface area contributed by atoms with Crippen molar-refractivity contribution in [3.05, 3.63) is 53.6 Å². The number of anilines is 1. The van der Waals surface area contributed by atoms with E-state index >= 15 is 0 Å². The van der Waals surface area contributed by atoms with Crippen molar-refractivity contribution in [1.82, 2.24) is 4.90 Å². The highest BCUT2D eigenvalue weighted by Gasteiger charge is 2.70. The van der Waals surface area contributed by atoms with Gasteiger partial charge in [-0.05, 0) is 50.7 Å². The Bertz CT molecular complexity index is 1100. The molecule has 2 fully saturated rings. The van der Waals surface area contributed by atoms with Crippen molar-refractivity contribution >= 4 is 35.2 Å². The second kappa shape index (κ2) is 10.1. The number of likely N-dealkylation sites (tertiary alicyclic amines) is 1. The van der Waals surface area contributed by atoms with Gasteiger partial charge in [-0.25, -0.2) is 0 Å². The minimum atomic E-state index is -0.851. The van der Waals surface area contributed by atoms with Gasteiger partial charge in [-0.15, -0.1) is 11.8 Å². The zero-order valence-electron chi connectivity index (χ0n) is 20.9. The first-order valence-electron chi connectivity index (χ1n) is 12.9. The summed E-state index contributed by atoms with van der Waals surface area (Å²) in [4.78, 5) is 45.3. The van der Waals surface area contributed by atoms with Gasteiger partial charge in [0.25, 0.3) is 5.91 Å². The maximum atomic E-state index is 14.4. The van der Waals surface area contributed by atoms with Crippen LogP contribution in [0.15, 0.2) is 42.5 Å². The Hall–Kier alpha value is -2.58. The summed E-state index contributed by atoms with van der Waals surface area (Å²) in [5, 5.41) is 9.13. The number of benzene rings is 1. The molecule has 192 valence electrons. The van der Waals surface area contributed by atoms with Gasteiger partial charge in [0.1, 0.15) is 6.04 Å². The van der Waals surface area contributed by atoms with Crippen LogP contribution >= 0.6 is 11.8 Å². The van der Waals surface area contributed by atoms with Gasteiger partial charge in [-0.2, -0.15) is 0 Å². The number of ether oxygens (including phenoxy) is 1. The minimum Gasteiger partial charge on any atom is -0.465 e. The van der Waals surface area contributed by atoms with Gasteiger partial charge < -0.3 is 19.6 Å². The molecule has 4 aliphatic heterocycles. The molecule has 1 aromatic carbocycles. The Balaban J connectivity index is 1.61. The summed E-state index contributed by atoms with van der Waals surface area (Å²) in [5.41, 5.74) is 2.88. The monoisotopic (exact) mass is 510 g/mol. The molecule has 0 radical (unpaired) electrons. The molecule has 2 amide bonds. The van der Waals surface area contributed by atoms with E-state index in [9.17, 15) is 19.5 Å². The van der Waals surface area contributed by atoms with Crippen LogP contribution in [0.4, 0.5) is 5.69 Å². The molecule has 0 aromatic heterocycles. The van der Waals surface area contributed by atoms with Gasteiger partial charge >= 0.3 is 5.97 Å². The average Bonchev–Trinajstić information content (AvgIpc) is 3.25. The maximum Gasteiger partial charge on any atom is 0.311 e. The van der Waals surface area contributed by atoms with Crippen molar-refractivity contribution in [2.75, 3.05) is 31.2 Å². The summed E-state index contributed by atoms with van der Waals surface area (Å²) in [5.74, 6) is -1.93. The first-order chi connectivity index (χ1) is 17.4. The average molecular weight is 511 g/mol. The molecular formula is C28H34N2O5S. The highest BCUT2D eigenvalue weighted by Crippen LogP contribution is 2.61.